The molecule has 1 heterocycles. The molecular formula is C13H13N3OS2. The first kappa shape index (κ1) is 13.6. The van der Waals surface area contributed by atoms with E-state index in [-0.39, 0.29) is 5.91 Å². The zero-order valence-corrected chi connectivity index (χ0v) is 12.2. The molecule has 0 fully saturated rings. The summed E-state index contributed by atoms with van der Waals surface area (Å²) in [7, 11) is 1.72. The van der Waals surface area contributed by atoms with Crippen molar-refractivity contribution in [2.24, 2.45) is 5.73 Å². The normalized spacial score (nSPS) is 10.2. The summed E-state index contributed by atoms with van der Waals surface area (Å²) in [6, 6.07) is 7.29. The van der Waals surface area contributed by atoms with Crippen LogP contribution in [0.5, 0.6) is 0 Å². The summed E-state index contributed by atoms with van der Waals surface area (Å²) >= 11 is 6.28. The van der Waals surface area contributed by atoms with Crippen molar-refractivity contribution in [2.75, 3.05) is 11.9 Å². The van der Waals surface area contributed by atoms with Crippen LogP contribution in [0, 0.1) is 6.92 Å². The summed E-state index contributed by atoms with van der Waals surface area (Å²) in [5.41, 5.74) is 9.51. The van der Waals surface area contributed by atoms with E-state index in [2.05, 4.69) is 4.98 Å². The van der Waals surface area contributed by atoms with Gasteiger partial charge in [-0.1, -0.05) is 24.4 Å². The molecule has 0 aliphatic rings. The number of thiazole rings is 1. The second-order valence-electron chi connectivity index (χ2n) is 4.05. The van der Waals surface area contributed by atoms with E-state index in [9.17, 15) is 4.79 Å². The molecule has 0 saturated carbocycles. The van der Waals surface area contributed by atoms with E-state index in [1.54, 1.807) is 23.5 Å². The number of carbonyl (C=O) groups excluding carboxylic acids is 1. The maximum absolute atomic E-state index is 12.3. The number of hydrogen-bond donors (Lipinski definition) is 1. The lowest BCUT2D eigenvalue weighted by molar-refractivity contribution is 0.0996. The molecule has 2 N–H and O–H groups in total. The summed E-state index contributed by atoms with van der Waals surface area (Å²) < 4.78 is 0. The molecule has 2 aromatic rings. The van der Waals surface area contributed by atoms with Gasteiger partial charge in [0.1, 0.15) is 9.87 Å². The van der Waals surface area contributed by atoms with E-state index in [1.165, 1.54) is 11.3 Å². The average molecular weight is 291 g/mol. The molecule has 1 amide bonds. The fraction of sp³-hybridized carbons (Fsp3) is 0.154. The van der Waals surface area contributed by atoms with Gasteiger partial charge < -0.3 is 10.6 Å². The van der Waals surface area contributed by atoms with Crippen LogP contribution in [-0.2, 0) is 0 Å². The Morgan fingerprint density at radius 1 is 1.47 bits per heavy atom. The van der Waals surface area contributed by atoms with Crippen molar-refractivity contribution < 1.29 is 4.79 Å². The smallest absolute Gasteiger partial charge is 0.269 e. The van der Waals surface area contributed by atoms with Crippen molar-refractivity contribution in [3.63, 3.8) is 0 Å². The Kier molecular flexibility index (Phi) is 3.92. The van der Waals surface area contributed by atoms with Crippen LogP contribution in [0.25, 0.3) is 0 Å². The van der Waals surface area contributed by atoms with E-state index >= 15 is 0 Å². The average Bonchev–Trinajstić information content (AvgIpc) is 2.83. The van der Waals surface area contributed by atoms with E-state index < -0.39 is 0 Å². The van der Waals surface area contributed by atoms with Crippen LogP contribution < -0.4 is 10.6 Å². The van der Waals surface area contributed by atoms with Crippen molar-refractivity contribution >= 4 is 40.1 Å². The van der Waals surface area contributed by atoms with E-state index in [1.807, 2.05) is 25.1 Å². The molecule has 0 unspecified atom stereocenters. The number of amides is 1. The first-order chi connectivity index (χ1) is 9.00. The molecule has 0 aliphatic heterocycles. The van der Waals surface area contributed by atoms with Gasteiger partial charge in [-0.05, 0) is 19.1 Å². The van der Waals surface area contributed by atoms with E-state index in [4.69, 9.17) is 18.0 Å². The molecule has 6 heteroatoms. The Morgan fingerprint density at radius 3 is 2.79 bits per heavy atom. The number of thiocarbonyl (C=S) groups is 1. The second kappa shape index (κ2) is 5.46. The molecular weight excluding hydrogens is 278 g/mol. The zero-order chi connectivity index (χ0) is 14.0. The first-order valence-electron chi connectivity index (χ1n) is 5.58. The Morgan fingerprint density at radius 2 is 2.21 bits per heavy atom. The van der Waals surface area contributed by atoms with Gasteiger partial charge in [0.2, 0.25) is 0 Å². The molecule has 0 atom stereocenters. The van der Waals surface area contributed by atoms with Gasteiger partial charge >= 0.3 is 0 Å². The van der Waals surface area contributed by atoms with Gasteiger partial charge in [0, 0.05) is 18.3 Å². The molecule has 19 heavy (non-hydrogen) atoms. The number of anilines is 1. The second-order valence-corrected chi connectivity index (χ2v) is 5.34. The van der Waals surface area contributed by atoms with Crippen LogP contribution in [0.2, 0.25) is 0 Å². The quantitative estimate of drug-likeness (QED) is 0.882. The zero-order valence-electron chi connectivity index (χ0n) is 10.6. The van der Waals surface area contributed by atoms with Crippen LogP contribution in [0.4, 0.5) is 5.69 Å². The van der Waals surface area contributed by atoms with Gasteiger partial charge in [0.15, 0.2) is 0 Å². The topological polar surface area (TPSA) is 59.2 Å². The fourth-order valence-corrected chi connectivity index (χ4v) is 2.55. The number of benzene rings is 1. The third-order valence-corrected chi connectivity index (χ3v) is 3.91. The van der Waals surface area contributed by atoms with Crippen LogP contribution in [-0.4, -0.2) is 22.9 Å². The first-order valence-corrected chi connectivity index (χ1v) is 6.87. The molecule has 0 aliphatic carbocycles. The highest BCUT2D eigenvalue weighted by Crippen LogP contribution is 2.20. The van der Waals surface area contributed by atoms with E-state index in [0.29, 0.717) is 9.87 Å². The number of nitrogens with two attached hydrogens (primary N) is 1. The predicted molar refractivity (Wildman–Crippen MR) is 81.9 cm³/mol. The van der Waals surface area contributed by atoms with Crippen LogP contribution in [0.1, 0.15) is 20.9 Å². The Labute approximate surface area is 120 Å². The molecule has 1 aromatic heterocycles. The van der Waals surface area contributed by atoms with Gasteiger partial charge in [0.25, 0.3) is 5.91 Å². The summed E-state index contributed by atoms with van der Waals surface area (Å²) in [4.78, 5) is 19.0. The lowest BCUT2D eigenvalue weighted by atomic mass is 10.2. The highest BCUT2D eigenvalue weighted by Gasteiger charge is 2.18. The van der Waals surface area contributed by atoms with Gasteiger partial charge in [-0.3, -0.25) is 4.79 Å². The molecule has 0 radical (unpaired) electrons. The molecule has 0 bridgehead atoms. The standard InChI is InChI=1S/C13H13N3OS2/c1-8-11(19-7-15-8)13(17)16(2)10-5-3-4-9(6-10)12(14)18/h3-7H,1-2H3,(H2,14,18). The maximum atomic E-state index is 12.3. The van der Waals surface area contributed by atoms with Crippen molar-refractivity contribution in [3.05, 3.63) is 45.9 Å². The van der Waals surface area contributed by atoms with Crippen molar-refractivity contribution in [1.82, 2.24) is 4.98 Å². The molecule has 0 spiro atoms. The van der Waals surface area contributed by atoms with Gasteiger partial charge in [-0.25, -0.2) is 4.98 Å². The number of hydrogen-bond acceptors (Lipinski definition) is 4. The third-order valence-electron chi connectivity index (χ3n) is 2.76. The minimum Gasteiger partial charge on any atom is -0.389 e. The number of rotatable bonds is 3. The Bertz CT molecular complexity index is 636. The molecule has 0 saturated heterocycles. The van der Waals surface area contributed by atoms with Crippen LogP contribution in [0.15, 0.2) is 29.8 Å². The highest BCUT2D eigenvalue weighted by molar-refractivity contribution is 7.80. The number of aromatic nitrogens is 1. The highest BCUT2D eigenvalue weighted by atomic mass is 32.1. The lowest BCUT2D eigenvalue weighted by Crippen LogP contribution is -2.26. The minimum atomic E-state index is -0.0833. The predicted octanol–water partition coefficient (Wildman–Crippen LogP) is 2.36. The summed E-state index contributed by atoms with van der Waals surface area (Å²) in [6.45, 7) is 1.82. The van der Waals surface area contributed by atoms with Gasteiger partial charge in [0.05, 0.1) is 11.2 Å². The Balaban J connectivity index is 2.32. The summed E-state index contributed by atoms with van der Waals surface area (Å²) in [5.74, 6) is -0.0833. The van der Waals surface area contributed by atoms with Gasteiger partial charge in [-0.2, -0.15) is 0 Å². The lowest BCUT2D eigenvalue weighted by Gasteiger charge is -2.17. The van der Waals surface area contributed by atoms with Crippen molar-refractivity contribution in [3.8, 4) is 0 Å². The number of aryl methyl sites for hydroxylation is 1. The van der Waals surface area contributed by atoms with E-state index in [0.717, 1.165) is 16.9 Å². The maximum Gasteiger partial charge on any atom is 0.269 e. The fourth-order valence-electron chi connectivity index (χ4n) is 1.64. The minimum absolute atomic E-state index is 0.0833. The van der Waals surface area contributed by atoms with Crippen LogP contribution in [0.3, 0.4) is 0 Å². The number of carbonyl (C=O) groups is 1. The molecule has 4 nitrogen and oxygen atoms in total. The van der Waals surface area contributed by atoms with Crippen molar-refractivity contribution in [2.45, 2.75) is 6.92 Å². The van der Waals surface area contributed by atoms with Crippen molar-refractivity contribution in [1.29, 1.82) is 0 Å². The SMILES string of the molecule is Cc1ncsc1C(=O)N(C)c1cccc(C(N)=S)c1. The molecule has 98 valence electrons. The molecule has 1 aromatic carbocycles. The largest absolute Gasteiger partial charge is 0.389 e. The van der Waals surface area contributed by atoms with Crippen LogP contribution >= 0.6 is 23.6 Å². The summed E-state index contributed by atoms with van der Waals surface area (Å²) in [6.07, 6.45) is 0. The summed E-state index contributed by atoms with van der Waals surface area (Å²) in [5, 5.41) is 0. The van der Waals surface area contributed by atoms with Gasteiger partial charge in [-0.15, -0.1) is 11.3 Å². The Hall–Kier alpha value is -1.79. The number of nitrogens with zero attached hydrogens (tertiary/aromatic N) is 2. The monoisotopic (exact) mass is 291 g/mol. The third kappa shape index (κ3) is 2.80. The molecule has 2 rings (SSSR count).